The Morgan fingerprint density at radius 1 is 1.43 bits per heavy atom. The first-order chi connectivity index (χ1) is 10.7. The van der Waals surface area contributed by atoms with Gasteiger partial charge < -0.3 is 10.5 Å². The van der Waals surface area contributed by atoms with Crippen LogP contribution in [0.2, 0.25) is 0 Å². The lowest BCUT2D eigenvalue weighted by molar-refractivity contribution is -0.148. The van der Waals surface area contributed by atoms with Crippen LogP contribution in [0.15, 0.2) is 0 Å². The van der Waals surface area contributed by atoms with E-state index in [2.05, 4.69) is 16.9 Å². The molecule has 1 aromatic heterocycles. The number of rotatable bonds is 6. The van der Waals surface area contributed by atoms with E-state index >= 15 is 0 Å². The van der Waals surface area contributed by atoms with Crippen LogP contribution in [0.1, 0.15) is 44.1 Å². The molecule has 1 aliphatic heterocycles. The summed E-state index contributed by atoms with van der Waals surface area (Å²) in [5.74, 6) is -0.242. The van der Waals surface area contributed by atoms with Crippen LogP contribution in [0.4, 0.5) is 0 Å². The summed E-state index contributed by atoms with van der Waals surface area (Å²) < 4.78 is 6.97. The van der Waals surface area contributed by atoms with E-state index in [1.165, 1.54) is 5.56 Å². The highest BCUT2D eigenvalue weighted by molar-refractivity contribution is 5.69. The lowest BCUT2D eigenvalue weighted by Crippen LogP contribution is -2.31. The molecule has 0 radical (unpaired) electrons. The van der Waals surface area contributed by atoms with Gasteiger partial charge >= 0.3 is 5.97 Å². The van der Waals surface area contributed by atoms with Crippen LogP contribution in [-0.4, -0.2) is 46.4 Å². The summed E-state index contributed by atoms with van der Waals surface area (Å²) in [6, 6.07) is 0. The number of hydrogen-bond donors (Lipinski definition) is 1. The first-order valence-electron chi connectivity index (χ1n) is 8.39. The number of carbonyl (C=O) groups is 1. The number of carbonyl (C=O) groups excluding carboxylic acids is 1. The normalized spacial score (nSPS) is 22.0. The molecule has 0 aliphatic carbocycles. The Bertz CT molecular complexity index is 567. The molecular weight excluding hydrogens is 292 g/mol. The maximum Gasteiger partial charge on any atom is 0.328 e. The van der Waals surface area contributed by atoms with Gasteiger partial charge in [0, 0.05) is 24.3 Å². The molecule has 0 spiro atoms. The number of nitrogens with two attached hydrogens (primary N) is 1. The number of ether oxygens (including phenoxy) is 1. The van der Waals surface area contributed by atoms with Crippen LogP contribution in [0.25, 0.3) is 0 Å². The van der Waals surface area contributed by atoms with E-state index in [4.69, 9.17) is 10.5 Å². The molecular formula is C17H30N4O2. The number of aryl methyl sites for hydroxylation is 1. The van der Waals surface area contributed by atoms with E-state index in [9.17, 15) is 4.79 Å². The van der Waals surface area contributed by atoms with Crippen LogP contribution in [-0.2, 0) is 22.6 Å². The van der Waals surface area contributed by atoms with Gasteiger partial charge in [-0.3, -0.25) is 14.4 Å². The monoisotopic (exact) mass is 322 g/mol. The van der Waals surface area contributed by atoms with E-state index < -0.39 is 0 Å². The van der Waals surface area contributed by atoms with Gasteiger partial charge in [-0.25, -0.2) is 0 Å². The quantitative estimate of drug-likeness (QED) is 0.806. The molecule has 2 N–H and O–H groups in total. The molecule has 1 saturated heterocycles. The summed E-state index contributed by atoms with van der Waals surface area (Å²) in [6.07, 6.45) is 1.04. The van der Waals surface area contributed by atoms with Crippen molar-refractivity contribution in [3.8, 4) is 0 Å². The van der Waals surface area contributed by atoms with Crippen molar-refractivity contribution in [2.75, 3.05) is 19.6 Å². The molecule has 130 valence electrons. The number of esters is 1. The zero-order valence-electron chi connectivity index (χ0n) is 15.1. The summed E-state index contributed by atoms with van der Waals surface area (Å²) in [6.45, 7) is 13.8. The van der Waals surface area contributed by atoms with Crippen LogP contribution < -0.4 is 5.73 Å². The number of nitrogens with zero attached hydrogens (tertiary/aromatic N) is 3. The molecule has 2 rings (SSSR count). The van der Waals surface area contributed by atoms with Crippen molar-refractivity contribution >= 4 is 5.97 Å². The van der Waals surface area contributed by atoms with Crippen LogP contribution >= 0.6 is 0 Å². The van der Waals surface area contributed by atoms with Gasteiger partial charge in [0.05, 0.1) is 11.8 Å². The fourth-order valence-electron chi connectivity index (χ4n) is 3.19. The van der Waals surface area contributed by atoms with Gasteiger partial charge in [-0.1, -0.05) is 6.92 Å². The fourth-order valence-corrected chi connectivity index (χ4v) is 3.19. The largest absolute Gasteiger partial charge is 0.462 e. The highest BCUT2D eigenvalue weighted by atomic mass is 16.5. The molecule has 2 heterocycles. The highest BCUT2D eigenvalue weighted by Crippen LogP contribution is 2.30. The first-order valence-corrected chi connectivity index (χ1v) is 8.39. The predicted octanol–water partition coefficient (Wildman–Crippen LogP) is 1.62. The minimum Gasteiger partial charge on any atom is -0.462 e. The van der Waals surface area contributed by atoms with Crippen molar-refractivity contribution in [1.29, 1.82) is 0 Å². The summed E-state index contributed by atoms with van der Waals surface area (Å²) >= 11 is 0. The third-order valence-corrected chi connectivity index (χ3v) is 4.69. The lowest BCUT2D eigenvalue weighted by Gasteiger charge is -2.22. The van der Waals surface area contributed by atoms with Gasteiger partial charge in [0.15, 0.2) is 0 Å². The molecule has 1 aromatic rings. The Morgan fingerprint density at radius 3 is 2.70 bits per heavy atom. The summed E-state index contributed by atoms with van der Waals surface area (Å²) in [4.78, 5) is 14.3. The van der Waals surface area contributed by atoms with E-state index in [0.717, 1.165) is 44.0 Å². The van der Waals surface area contributed by atoms with Crippen molar-refractivity contribution in [3.05, 3.63) is 17.0 Å². The second-order valence-electron chi connectivity index (χ2n) is 7.32. The Hall–Kier alpha value is -1.40. The van der Waals surface area contributed by atoms with Gasteiger partial charge in [-0.15, -0.1) is 0 Å². The fraction of sp³-hybridized carbons (Fsp3) is 0.765. The van der Waals surface area contributed by atoms with Crippen LogP contribution in [0, 0.1) is 19.3 Å². The minimum absolute atomic E-state index is 0.0996. The molecule has 0 saturated carbocycles. The maximum absolute atomic E-state index is 11.9. The van der Waals surface area contributed by atoms with Crippen molar-refractivity contribution < 1.29 is 9.53 Å². The molecule has 1 atom stereocenters. The zero-order chi connectivity index (χ0) is 17.2. The van der Waals surface area contributed by atoms with Gasteiger partial charge in [0.1, 0.15) is 6.54 Å². The van der Waals surface area contributed by atoms with Crippen LogP contribution in [0.3, 0.4) is 0 Å². The molecule has 0 bridgehead atoms. The standard InChI is InChI=1S/C17H30N4O2/c1-12(2)23-16(22)9-21-14(4)15(13(3)19-21)8-20-7-6-17(5,10-18)11-20/h12H,6-11,18H2,1-5H3. The summed E-state index contributed by atoms with van der Waals surface area (Å²) in [7, 11) is 0. The third-order valence-electron chi connectivity index (χ3n) is 4.69. The molecule has 0 amide bonds. The van der Waals surface area contributed by atoms with Gasteiger partial charge in [-0.2, -0.15) is 5.10 Å². The number of hydrogen-bond acceptors (Lipinski definition) is 5. The average Bonchev–Trinajstić information content (AvgIpc) is 2.95. The molecule has 23 heavy (non-hydrogen) atoms. The molecule has 6 heteroatoms. The van der Waals surface area contributed by atoms with Gasteiger partial charge in [0.25, 0.3) is 0 Å². The highest BCUT2D eigenvalue weighted by Gasteiger charge is 2.33. The number of aromatic nitrogens is 2. The second-order valence-corrected chi connectivity index (χ2v) is 7.32. The Labute approximate surface area is 139 Å². The smallest absolute Gasteiger partial charge is 0.328 e. The van der Waals surface area contributed by atoms with E-state index in [1.54, 1.807) is 4.68 Å². The van der Waals surface area contributed by atoms with Crippen LogP contribution in [0.5, 0.6) is 0 Å². The maximum atomic E-state index is 11.9. The number of likely N-dealkylation sites (tertiary alicyclic amines) is 1. The third kappa shape index (κ3) is 4.32. The van der Waals surface area contributed by atoms with Gasteiger partial charge in [0.2, 0.25) is 0 Å². The van der Waals surface area contributed by atoms with E-state index in [-0.39, 0.29) is 24.0 Å². The van der Waals surface area contributed by atoms with Crippen molar-refractivity contribution in [3.63, 3.8) is 0 Å². The molecule has 0 aromatic carbocycles. The molecule has 1 unspecified atom stereocenters. The Morgan fingerprint density at radius 2 is 2.13 bits per heavy atom. The SMILES string of the molecule is Cc1nn(CC(=O)OC(C)C)c(C)c1CN1CCC(C)(CN)C1. The van der Waals surface area contributed by atoms with Gasteiger partial charge in [-0.05, 0) is 52.6 Å². The Balaban J connectivity index is 2.05. The Kier molecular flexibility index (Phi) is 5.47. The molecule has 1 aliphatic rings. The van der Waals surface area contributed by atoms with E-state index in [0.29, 0.717) is 0 Å². The summed E-state index contributed by atoms with van der Waals surface area (Å²) in [5, 5.41) is 4.52. The van der Waals surface area contributed by atoms with Crippen molar-refractivity contribution in [1.82, 2.24) is 14.7 Å². The van der Waals surface area contributed by atoms with Crippen molar-refractivity contribution in [2.24, 2.45) is 11.1 Å². The second kappa shape index (κ2) is 7.01. The zero-order valence-corrected chi connectivity index (χ0v) is 15.1. The lowest BCUT2D eigenvalue weighted by atomic mass is 9.90. The molecule has 6 nitrogen and oxygen atoms in total. The van der Waals surface area contributed by atoms with Crippen molar-refractivity contribution in [2.45, 2.75) is 60.2 Å². The topological polar surface area (TPSA) is 73.4 Å². The summed E-state index contributed by atoms with van der Waals surface area (Å²) in [5.41, 5.74) is 9.35. The van der Waals surface area contributed by atoms with E-state index in [1.807, 2.05) is 27.7 Å². The minimum atomic E-state index is -0.242. The predicted molar refractivity (Wildman–Crippen MR) is 90.0 cm³/mol. The molecule has 1 fully saturated rings. The first kappa shape index (κ1) is 17.9. The average molecular weight is 322 g/mol.